The van der Waals surface area contributed by atoms with Gasteiger partial charge < -0.3 is 4.57 Å². The van der Waals surface area contributed by atoms with E-state index in [-0.39, 0.29) is 17.6 Å². The number of hydrogen-bond donors (Lipinski definition) is 1. The topological polar surface area (TPSA) is 51.1 Å². The van der Waals surface area contributed by atoms with Crippen LogP contribution in [-0.2, 0) is 11.3 Å². The number of amides is 2. The highest BCUT2D eigenvalue weighted by atomic mass is 35.5. The smallest absolute Gasteiger partial charge is 0.290 e. The number of imide groups is 1. The molecule has 0 saturated carbocycles. The molecule has 0 spiro atoms. The number of fused-ring (bicyclic) bond motifs is 1. The predicted molar refractivity (Wildman–Crippen MR) is 102 cm³/mol. The van der Waals surface area contributed by atoms with Crippen molar-refractivity contribution in [1.29, 1.82) is 0 Å². The summed E-state index contributed by atoms with van der Waals surface area (Å²) in [5.74, 6) is -0.777. The molecule has 1 fully saturated rings. The number of halogens is 2. The molecule has 2 aromatic carbocycles. The zero-order valence-corrected chi connectivity index (χ0v) is 14.9. The van der Waals surface area contributed by atoms with Crippen LogP contribution in [-0.4, -0.2) is 15.7 Å². The second-order valence-corrected chi connectivity index (χ2v) is 7.20. The Morgan fingerprint density at radius 3 is 2.69 bits per heavy atom. The third-order valence-corrected chi connectivity index (χ3v) is 5.30. The fraction of sp³-hybridized carbons (Fsp3) is 0.0526. The SMILES string of the molecule is O=C1NC(=O)/C(=C/c2cn(Cc3c(F)cccc3Cl)c3ccccc23)S1. The van der Waals surface area contributed by atoms with Gasteiger partial charge in [0.25, 0.3) is 11.1 Å². The number of rotatable bonds is 3. The Hall–Kier alpha value is -2.57. The molecule has 1 aromatic heterocycles. The van der Waals surface area contributed by atoms with E-state index in [4.69, 9.17) is 11.6 Å². The summed E-state index contributed by atoms with van der Waals surface area (Å²) in [5.41, 5.74) is 2.06. The van der Waals surface area contributed by atoms with E-state index in [1.165, 1.54) is 6.07 Å². The van der Waals surface area contributed by atoms with Gasteiger partial charge in [0.1, 0.15) is 5.82 Å². The lowest BCUT2D eigenvalue weighted by atomic mass is 10.1. The first-order valence-electron chi connectivity index (χ1n) is 7.78. The van der Waals surface area contributed by atoms with Crippen molar-refractivity contribution < 1.29 is 14.0 Å². The molecule has 1 aliphatic rings. The third kappa shape index (κ3) is 3.02. The van der Waals surface area contributed by atoms with Crippen molar-refractivity contribution in [3.8, 4) is 0 Å². The quantitative estimate of drug-likeness (QED) is 0.657. The Balaban J connectivity index is 1.81. The van der Waals surface area contributed by atoms with E-state index in [1.54, 1.807) is 18.2 Å². The average molecular weight is 387 g/mol. The molecule has 1 saturated heterocycles. The van der Waals surface area contributed by atoms with Gasteiger partial charge in [-0.15, -0.1) is 0 Å². The van der Waals surface area contributed by atoms with Crippen LogP contribution in [0, 0.1) is 5.82 Å². The van der Waals surface area contributed by atoms with E-state index >= 15 is 0 Å². The fourth-order valence-corrected chi connectivity index (χ4v) is 3.83. The monoisotopic (exact) mass is 386 g/mol. The number of hydrogen-bond acceptors (Lipinski definition) is 3. The van der Waals surface area contributed by atoms with Crippen LogP contribution in [0.3, 0.4) is 0 Å². The van der Waals surface area contributed by atoms with Crippen molar-refractivity contribution in [2.24, 2.45) is 0 Å². The van der Waals surface area contributed by atoms with Gasteiger partial charge in [-0.1, -0.05) is 35.9 Å². The Morgan fingerprint density at radius 1 is 1.15 bits per heavy atom. The lowest BCUT2D eigenvalue weighted by Crippen LogP contribution is -2.17. The molecule has 0 radical (unpaired) electrons. The number of nitrogens with zero attached hydrogens (tertiary/aromatic N) is 1. The first kappa shape index (κ1) is 16.9. The number of aromatic nitrogens is 1. The van der Waals surface area contributed by atoms with Gasteiger partial charge in [-0.2, -0.15) is 0 Å². The van der Waals surface area contributed by atoms with E-state index in [2.05, 4.69) is 5.32 Å². The van der Waals surface area contributed by atoms with E-state index in [1.807, 2.05) is 35.0 Å². The first-order chi connectivity index (χ1) is 12.5. The van der Waals surface area contributed by atoms with E-state index in [0.717, 1.165) is 28.2 Å². The normalized spacial score (nSPS) is 15.8. The maximum absolute atomic E-state index is 14.2. The van der Waals surface area contributed by atoms with Crippen LogP contribution in [0.5, 0.6) is 0 Å². The molecule has 0 aliphatic carbocycles. The average Bonchev–Trinajstić information content (AvgIpc) is 3.11. The number of benzene rings is 2. The third-order valence-electron chi connectivity index (χ3n) is 4.14. The van der Waals surface area contributed by atoms with Crippen LogP contribution in [0.4, 0.5) is 9.18 Å². The van der Waals surface area contributed by atoms with Gasteiger partial charge in [0.05, 0.1) is 11.4 Å². The molecule has 0 bridgehead atoms. The van der Waals surface area contributed by atoms with Gasteiger partial charge in [-0.3, -0.25) is 14.9 Å². The van der Waals surface area contributed by atoms with Gasteiger partial charge in [0.2, 0.25) is 0 Å². The van der Waals surface area contributed by atoms with Crippen molar-refractivity contribution in [2.45, 2.75) is 6.54 Å². The standard InChI is InChI=1S/C19H12ClFN2O2S/c20-14-5-3-6-15(21)13(14)10-23-9-11(12-4-1-2-7-16(12)23)8-17-18(24)22-19(25)26-17/h1-9H,10H2,(H,22,24,25)/b17-8-. The second-order valence-electron chi connectivity index (χ2n) is 5.78. The van der Waals surface area contributed by atoms with Crippen molar-refractivity contribution in [3.63, 3.8) is 0 Å². The molecule has 2 amide bonds. The molecule has 2 heterocycles. The number of carbonyl (C=O) groups excluding carboxylic acids is 2. The predicted octanol–water partition coefficient (Wildman–Crippen LogP) is 4.81. The van der Waals surface area contributed by atoms with Crippen molar-refractivity contribution in [3.05, 3.63) is 75.5 Å². The molecule has 130 valence electrons. The Morgan fingerprint density at radius 2 is 1.96 bits per heavy atom. The van der Waals surface area contributed by atoms with Gasteiger partial charge in [0.15, 0.2) is 0 Å². The Labute approximate surface area is 157 Å². The lowest BCUT2D eigenvalue weighted by molar-refractivity contribution is -0.115. The molecule has 4 rings (SSSR count). The summed E-state index contributed by atoms with van der Waals surface area (Å²) < 4.78 is 16.0. The number of carbonyl (C=O) groups is 2. The molecule has 0 atom stereocenters. The summed E-state index contributed by atoms with van der Waals surface area (Å²) in [7, 11) is 0. The fourth-order valence-electron chi connectivity index (χ4n) is 2.94. The van der Waals surface area contributed by atoms with Crippen LogP contribution in [0.2, 0.25) is 5.02 Å². The highest BCUT2D eigenvalue weighted by molar-refractivity contribution is 8.18. The largest absolute Gasteiger partial charge is 0.342 e. The summed E-state index contributed by atoms with van der Waals surface area (Å²) in [6, 6.07) is 12.2. The van der Waals surface area contributed by atoms with Crippen LogP contribution in [0.25, 0.3) is 17.0 Å². The summed E-state index contributed by atoms with van der Waals surface area (Å²) in [6.45, 7) is 0.257. The Bertz CT molecular complexity index is 1070. The molecule has 7 heteroatoms. The summed E-state index contributed by atoms with van der Waals surface area (Å²) in [4.78, 5) is 23.5. The van der Waals surface area contributed by atoms with Crippen LogP contribution < -0.4 is 5.32 Å². The summed E-state index contributed by atoms with van der Waals surface area (Å²) in [5, 5.41) is 3.12. The van der Waals surface area contributed by atoms with Crippen LogP contribution in [0.15, 0.2) is 53.6 Å². The number of nitrogens with one attached hydrogen (secondary N) is 1. The number of thioether (sulfide) groups is 1. The molecule has 4 nitrogen and oxygen atoms in total. The summed E-state index contributed by atoms with van der Waals surface area (Å²) >= 11 is 7.02. The Kier molecular flexibility index (Phi) is 4.30. The maximum atomic E-state index is 14.2. The van der Waals surface area contributed by atoms with Gasteiger partial charge >= 0.3 is 0 Å². The van der Waals surface area contributed by atoms with E-state index < -0.39 is 5.91 Å². The first-order valence-corrected chi connectivity index (χ1v) is 8.98. The molecular weight excluding hydrogens is 375 g/mol. The minimum absolute atomic E-state index is 0.257. The minimum atomic E-state index is -0.408. The number of para-hydroxylation sites is 1. The van der Waals surface area contributed by atoms with Gasteiger partial charge in [-0.05, 0) is 36.0 Å². The van der Waals surface area contributed by atoms with Crippen molar-refractivity contribution in [1.82, 2.24) is 9.88 Å². The molecule has 3 aromatic rings. The minimum Gasteiger partial charge on any atom is -0.342 e. The molecule has 1 N–H and O–H groups in total. The zero-order chi connectivity index (χ0) is 18.3. The van der Waals surface area contributed by atoms with E-state index in [0.29, 0.717) is 15.5 Å². The zero-order valence-electron chi connectivity index (χ0n) is 13.3. The van der Waals surface area contributed by atoms with Crippen molar-refractivity contribution in [2.75, 3.05) is 0 Å². The highest BCUT2D eigenvalue weighted by Crippen LogP contribution is 2.30. The van der Waals surface area contributed by atoms with Crippen molar-refractivity contribution >= 4 is 51.5 Å². The molecule has 26 heavy (non-hydrogen) atoms. The van der Waals surface area contributed by atoms with Crippen LogP contribution >= 0.6 is 23.4 Å². The molecular formula is C19H12ClFN2O2S. The van der Waals surface area contributed by atoms with E-state index in [9.17, 15) is 14.0 Å². The molecule has 1 aliphatic heterocycles. The van der Waals surface area contributed by atoms with Gasteiger partial charge in [0, 0.05) is 33.2 Å². The van der Waals surface area contributed by atoms with Gasteiger partial charge in [-0.25, -0.2) is 4.39 Å². The highest BCUT2D eigenvalue weighted by Gasteiger charge is 2.25. The second kappa shape index (κ2) is 6.63. The molecule has 0 unspecified atom stereocenters. The van der Waals surface area contributed by atoms with Crippen LogP contribution in [0.1, 0.15) is 11.1 Å². The maximum Gasteiger partial charge on any atom is 0.290 e. The lowest BCUT2D eigenvalue weighted by Gasteiger charge is -2.08. The summed E-state index contributed by atoms with van der Waals surface area (Å²) in [6.07, 6.45) is 3.50.